The molecule has 0 aliphatic heterocycles. The molecule has 0 heterocycles. The van der Waals surface area contributed by atoms with Crippen LogP contribution in [0.2, 0.25) is 0 Å². The smallest absolute Gasteiger partial charge is 0.222 e. The van der Waals surface area contributed by atoms with Gasteiger partial charge in [0.25, 0.3) is 0 Å². The minimum atomic E-state index is 0.315. The highest BCUT2D eigenvalue weighted by Crippen LogP contribution is 2.02. The molecule has 1 amide bonds. The molecule has 0 fully saturated rings. The van der Waals surface area contributed by atoms with E-state index in [1.807, 2.05) is 4.90 Å². The minimum Gasteiger partial charge on any atom is -0.343 e. The summed E-state index contributed by atoms with van der Waals surface area (Å²) >= 11 is 0. The van der Waals surface area contributed by atoms with E-state index in [0.29, 0.717) is 12.3 Å². The second kappa shape index (κ2) is 10.3. The van der Waals surface area contributed by atoms with E-state index in [4.69, 9.17) is 0 Å². The lowest BCUT2D eigenvalue weighted by Crippen LogP contribution is -2.35. The van der Waals surface area contributed by atoms with Crippen molar-refractivity contribution < 1.29 is 4.79 Å². The van der Waals surface area contributed by atoms with E-state index >= 15 is 0 Å². The first-order chi connectivity index (χ1) is 8.47. The fraction of sp³-hybridized carbons (Fsp3) is 0.929. The van der Waals surface area contributed by atoms with Crippen molar-refractivity contribution in [3.05, 3.63) is 0 Å². The minimum absolute atomic E-state index is 0.315. The van der Waals surface area contributed by atoms with Gasteiger partial charge in [-0.05, 0) is 60.5 Å². The average Bonchev–Trinajstić information content (AvgIpc) is 2.26. The molecule has 0 aliphatic rings. The second-order valence-corrected chi connectivity index (χ2v) is 5.44. The van der Waals surface area contributed by atoms with E-state index in [0.717, 1.165) is 45.4 Å². The predicted molar refractivity (Wildman–Crippen MR) is 77.8 cm³/mol. The molecule has 0 aliphatic carbocycles. The van der Waals surface area contributed by atoms with Crippen molar-refractivity contribution in [2.45, 2.75) is 32.6 Å². The van der Waals surface area contributed by atoms with Crippen LogP contribution in [-0.4, -0.2) is 75.0 Å². The van der Waals surface area contributed by atoms with Crippen molar-refractivity contribution in [2.24, 2.45) is 0 Å². The molecule has 18 heavy (non-hydrogen) atoms. The normalized spacial score (nSPS) is 11.3. The van der Waals surface area contributed by atoms with Crippen molar-refractivity contribution in [3.63, 3.8) is 0 Å². The molecular formula is C14H31N3O. The van der Waals surface area contributed by atoms with Gasteiger partial charge < -0.3 is 14.7 Å². The Morgan fingerprint density at radius 2 is 1.28 bits per heavy atom. The van der Waals surface area contributed by atoms with E-state index < -0.39 is 0 Å². The van der Waals surface area contributed by atoms with Crippen molar-refractivity contribution in [3.8, 4) is 0 Å². The van der Waals surface area contributed by atoms with E-state index in [9.17, 15) is 4.79 Å². The van der Waals surface area contributed by atoms with Crippen molar-refractivity contribution in [1.29, 1.82) is 0 Å². The summed E-state index contributed by atoms with van der Waals surface area (Å²) in [4.78, 5) is 18.4. The van der Waals surface area contributed by atoms with Crippen molar-refractivity contribution >= 4 is 5.91 Å². The van der Waals surface area contributed by atoms with Crippen LogP contribution in [0, 0.1) is 0 Å². The van der Waals surface area contributed by atoms with Gasteiger partial charge in [-0.3, -0.25) is 4.79 Å². The van der Waals surface area contributed by atoms with Gasteiger partial charge in [0.1, 0.15) is 0 Å². The molecule has 4 nitrogen and oxygen atoms in total. The summed E-state index contributed by atoms with van der Waals surface area (Å²) in [7, 11) is 8.29. The van der Waals surface area contributed by atoms with Gasteiger partial charge in [-0.1, -0.05) is 6.92 Å². The Morgan fingerprint density at radius 3 is 1.61 bits per heavy atom. The van der Waals surface area contributed by atoms with Crippen LogP contribution in [-0.2, 0) is 4.79 Å². The van der Waals surface area contributed by atoms with Crippen molar-refractivity contribution in [1.82, 2.24) is 14.7 Å². The first-order valence-electron chi connectivity index (χ1n) is 7.04. The first-order valence-corrected chi connectivity index (χ1v) is 7.04. The Kier molecular flexibility index (Phi) is 9.98. The summed E-state index contributed by atoms with van der Waals surface area (Å²) < 4.78 is 0. The topological polar surface area (TPSA) is 26.8 Å². The molecule has 0 aromatic heterocycles. The highest BCUT2D eigenvalue weighted by molar-refractivity contribution is 5.76. The van der Waals surface area contributed by atoms with Gasteiger partial charge in [-0.2, -0.15) is 0 Å². The number of rotatable bonds is 10. The van der Waals surface area contributed by atoms with E-state index in [1.54, 1.807) is 0 Å². The van der Waals surface area contributed by atoms with Gasteiger partial charge in [-0.15, -0.1) is 0 Å². The van der Waals surface area contributed by atoms with E-state index in [2.05, 4.69) is 44.9 Å². The van der Waals surface area contributed by atoms with Crippen LogP contribution in [0.1, 0.15) is 32.6 Å². The Bertz CT molecular complexity index is 203. The molecule has 0 aromatic carbocycles. The maximum absolute atomic E-state index is 12.0. The third-order valence-electron chi connectivity index (χ3n) is 2.88. The lowest BCUT2D eigenvalue weighted by atomic mass is 10.2. The highest BCUT2D eigenvalue weighted by atomic mass is 16.2. The summed E-state index contributed by atoms with van der Waals surface area (Å²) in [6.07, 6.45) is 3.75. The molecule has 0 unspecified atom stereocenters. The Labute approximate surface area is 113 Å². The SMILES string of the molecule is CCCC(=O)N(CCCN(C)C)CCCN(C)C. The van der Waals surface area contributed by atoms with Gasteiger partial charge >= 0.3 is 0 Å². The molecular weight excluding hydrogens is 226 g/mol. The van der Waals surface area contributed by atoms with Crippen molar-refractivity contribution in [2.75, 3.05) is 54.4 Å². The lowest BCUT2D eigenvalue weighted by Gasteiger charge is -2.24. The summed E-state index contributed by atoms with van der Waals surface area (Å²) in [5.41, 5.74) is 0. The van der Waals surface area contributed by atoms with Gasteiger partial charge in [0.2, 0.25) is 5.91 Å². The summed E-state index contributed by atoms with van der Waals surface area (Å²) in [5.74, 6) is 0.315. The van der Waals surface area contributed by atoms with Crippen LogP contribution in [0.15, 0.2) is 0 Å². The molecule has 0 saturated carbocycles. The molecule has 0 saturated heterocycles. The third-order valence-corrected chi connectivity index (χ3v) is 2.88. The molecule has 0 N–H and O–H groups in total. The lowest BCUT2D eigenvalue weighted by molar-refractivity contribution is -0.131. The summed E-state index contributed by atoms with van der Waals surface area (Å²) in [6, 6.07) is 0. The van der Waals surface area contributed by atoms with E-state index in [-0.39, 0.29) is 0 Å². The zero-order valence-corrected chi connectivity index (χ0v) is 12.9. The van der Waals surface area contributed by atoms with E-state index in [1.165, 1.54) is 0 Å². The molecule has 0 spiro atoms. The molecule has 108 valence electrons. The standard InChI is InChI=1S/C14H31N3O/c1-6-9-14(18)17(12-7-10-15(2)3)13-8-11-16(4)5/h6-13H2,1-5H3. The second-order valence-electron chi connectivity index (χ2n) is 5.44. The number of hydrogen-bond donors (Lipinski definition) is 0. The number of nitrogens with zero attached hydrogens (tertiary/aromatic N) is 3. The monoisotopic (exact) mass is 257 g/mol. The molecule has 0 rings (SSSR count). The largest absolute Gasteiger partial charge is 0.343 e. The fourth-order valence-electron chi connectivity index (χ4n) is 1.89. The van der Waals surface area contributed by atoms with Gasteiger partial charge in [0.15, 0.2) is 0 Å². The maximum atomic E-state index is 12.0. The van der Waals surface area contributed by atoms with Crippen LogP contribution < -0.4 is 0 Å². The first kappa shape index (κ1) is 17.4. The summed E-state index contributed by atoms with van der Waals surface area (Å²) in [5, 5.41) is 0. The van der Waals surface area contributed by atoms with Gasteiger partial charge in [-0.25, -0.2) is 0 Å². The van der Waals surface area contributed by atoms with Gasteiger partial charge in [0.05, 0.1) is 0 Å². The fourth-order valence-corrected chi connectivity index (χ4v) is 1.89. The van der Waals surface area contributed by atoms with Crippen LogP contribution in [0.3, 0.4) is 0 Å². The van der Waals surface area contributed by atoms with Crippen LogP contribution in [0.4, 0.5) is 0 Å². The summed E-state index contributed by atoms with van der Waals surface area (Å²) in [6.45, 7) is 5.94. The number of amides is 1. The highest BCUT2D eigenvalue weighted by Gasteiger charge is 2.11. The average molecular weight is 257 g/mol. The Morgan fingerprint density at radius 1 is 0.833 bits per heavy atom. The molecule has 0 atom stereocenters. The number of carbonyl (C=O) groups is 1. The quantitative estimate of drug-likeness (QED) is 0.594. The molecule has 0 radical (unpaired) electrons. The zero-order valence-electron chi connectivity index (χ0n) is 12.9. The number of hydrogen-bond acceptors (Lipinski definition) is 3. The Hall–Kier alpha value is -0.610. The zero-order chi connectivity index (χ0) is 14.0. The van der Waals surface area contributed by atoms with Crippen LogP contribution >= 0.6 is 0 Å². The third kappa shape index (κ3) is 9.42. The Balaban J connectivity index is 4.03. The molecule has 0 aromatic rings. The molecule has 0 bridgehead atoms. The predicted octanol–water partition coefficient (Wildman–Crippen LogP) is 1.52. The van der Waals surface area contributed by atoms with Gasteiger partial charge in [0, 0.05) is 19.5 Å². The van der Waals surface area contributed by atoms with Crippen LogP contribution in [0.25, 0.3) is 0 Å². The van der Waals surface area contributed by atoms with Crippen LogP contribution in [0.5, 0.6) is 0 Å². The molecule has 4 heteroatoms. The maximum Gasteiger partial charge on any atom is 0.222 e. The number of carbonyl (C=O) groups excluding carboxylic acids is 1.